The molecule has 0 atom stereocenters. The standard InChI is InChI=1S/C25H19F4N7O2/c1-34-9-15(7-31-34)35(10-20-22(26)36-8-14(25(27,28)29)3-5-21(36)32-20)24(37)13-2-4-19-16(6-13)17-11-38-12-18(17)23(30)33-19/h2-9H,10-12H2,1H3,(H2,30,33). The zero-order chi connectivity index (χ0) is 26.8. The SMILES string of the molecule is Cn1cc(N(Cc2nc3ccc(C(F)(F)F)cn3c2F)C(=O)c2ccc3nc(N)c4c(c3c2)COC4)cn1. The van der Waals surface area contributed by atoms with Crippen LogP contribution in [0.15, 0.2) is 48.9 Å². The van der Waals surface area contributed by atoms with Gasteiger partial charge in [0.05, 0.1) is 42.7 Å². The van der Waals surface area contributed by atoms with Gasteiger partial charge in [0.15, 0.2) is 0 Å². The van der Waals surface area contributed by atoms with Crippen molar-refractivity contribution >= 4 is 34.0 Å². The molecule has 1 aliphatic rings. The third kappa shape index (κ3) is 3.91. The first-order valence-electron chi connectivity index (χ1n) is 11.4. The van der Waals surface area contributed by atoms with Gasteiger partial charge >= 0.3 is 6.18 Å². The van der Waals surface area contributed by atoms with Crippen molar-refractivity contribution in [2.75, 3.05) is 10.6 Å². The quantitative estimate of drug-likeness (QED) is 0.352. The van der Waals surface area contributed by atoms with E-state index in [0.29, 0.717) is 41.8 Å². The lowest BCUT2D eigenvalue weighted by Gasteiger charge is -2.20. The molecule has 0 saturated carbocycles. The largest absolute Gasteiger partial charge is 0.417 e. The van der Waals surface area contributed by atoms with E-state index in [9.17, 15) is 18.0 Å². The Hall–Kier alpha value is -4.52. The normalized spacial score (nSPS) is 13.4. The third-order valence-electron chi connectivity index (χ3n) is 6.49. The fourth-order valence-corrected chi connectivity index (χ4v) is 4.57. The van der Waals surface area contributed by atoms with Crippen molar-refractivity contribution in [2.24, 2.45) is 7.05 Å². The second-order valence-corrected chi connectivity index (χ2v) is 8.94. The molecule has 5 heterocycles. The zero-order valence-electron chi connectivity index (χ0n) is 19.8. The number of aryl methyl sites for hydroxylation is 1. The number of alkyl halides is 3. The van der Waals surface area contributed by atoms with Gasteiger partial charge in [0.2, 0.25) is 5.95 Å². The number of nitrogens with two attached hydrogens (primary N) is 1. The van der Waals surface area contributed by atoms with Crippen LogP contribution in [0.1, 0.15) is 32.7 Å². The number of nitrogen functional groups attached to an aromatic ring is 1. The molecule has 9 nitrogen and oxygen atoms in total. The maximum absolute atomic E-state index is 15.3. The van der Waals surface area contributed by atoms with Crippen LogP contribution in [-0.2, 0) is 37.7 Å². The highest BCUT2D eigenvalue weighted by molar-refractivity contribution is 6.08. The Morgan fingerprint density at radius 3 is 2.66 bits per heavy atom. The summed E-state index contributed by atoms with van der Waals surface area (Å²) >= 11 is 0. The van der Waals surface area contributed by atoms with Gasteiger partial charge < -0.3 is 10.5 Å². The summed E-state index contributed by atoms with van der Waals surface area (Å²) in [6, 6.07) is 6.84. The average molecular weight is 525 g/mol. The van der Waals surface area contributed by atoms with Crippen molar-refractivity contribution in [3.63, 3.8) is 0 Å². The molecule has 38 heavy (non-hydrogen) atoms. The highest BCUT2D eigenvalue weighted by Gasteiger charge is 2.32. The monoisotopic (exact) mass is 525 g/mol. The minimum Gasteiger partial charge on any atom is -0.383 e. The van der Waals surface area contributed by atoms with Gasteiger partial charge in [-0.2, -0.15) is 22.7 Å². The van der Waals surface area contributed by atoms with E-state index < -0.39 is 23.6 Å². The van der Waals surface area contributed by atoms with Crippen LogP contribution < -0.4 is 10.6 Å². The van der Waals surface area contributed by atoms with Crippen molar-refractivity contribution in [3.05, 3.63) is 82.8 Å². The first-order valence-corrected chi connectivity index (χ1v) is 11.4. The molecule has 194 valence electrons. The molecule has 1 aliphatic heterocycles. The first kappa shape index (κ1) is 23.9. The Balaban J connectivity index is 1.42. The van der Waals surface area contributed by atoms with Gasteiger partial charge in [-0.05, 0) is 35.9 Å². The number of pyridine rings is 2. The van der Waals surface area contributed by atoms with Crippen LogP contribution in [0.3, 0.4) is 0 Å². The second kappa shape index (κ2) is 8.52. The van der Waals surface area contributed by atoms with Gasteiger partial charge in [-0.25, -0.2) is 9.97 Å². The lowest BCUT2D eigenvalue weighted by Crippen LogP contribution is -2.30. The summed E-state index contributed by atoms with van der Waals surface area (Å²) in [6.45, 7) is 0.306. The number of hydrogen-bond donors (Lipinski definition) is 1. The molecular formula is C25H19F4N7O2. The van der Waals surface area contributed by atoms with E-state index in [1.54, 1.807) is 31.4 Å². The van der Waals surface area contributed by atoms with Crippen LogP contribution in [0.2, 0.25) is 0 Å². The van der Waals surface area contributed by atoms with Gasteiger partial charge in [-0.1, -0.05) is 0 Å². The summed E-state index contributed by atoms with van der Waals surface area (Å²) in [5.41, 5.74) is 7.67. The van der Waals surface area contributed by atoms with Gasteiger partial charge in [0, 0.05) is 36.0 Å². The van der Waals surface area contributed by atoms with Crippen LogP contribution in [0.25, 0.3) is 16.6 Å². The number of aromatic nitrogens is 5. The van der Waals surface area contributed by atoms with Crippen molar-refractivity contribution in [3.8, 4) is 0 Å². The van der Waals surface area contributed by atoms with Crippen molar-refractivity contribution in [1.82, 2.24) is 24.1 Å². The molecule has 0 fully saturated rings. The molecule has 0 saturated heterocycles. The number of fused-ring (bicyclic) bond motifs is 4. The topological polar surface area (TPSA) is 104 Å². The molecule has 0 aliphatic carbocycles. The lowest BCUT2D eigenvalue weighted by atomic mass is 10.0. The molecule has 1 aromatic carbocycles. The highest BCUT2D eigenvalue weighted by atomic mass is 19.4. The van der Waals surface area contributed by atoms with E-state index in [0.717, 1.165) is 27.7 Å². The molecule has 6 rings (SSSR count). The fourth-order valence-electron chi connectivity index (χ4n) is 4.57. The number of nitrogens with zero attached hydrogens (tertiary/aromatic N) is 6. The minimum absolute atomic E-state index is 0.0194. The van der Waals surface area contributed by atoms with Crippen LogP contribution >= 0.6 is 0 Å². The van der Waals surface area contributed by atoms with Crippen LogP contribution in [0.5, 0.6) is 0 Å². The van der Waals surface area contributed by atoms with Crippen molar-refractivity contribution in [2.45, 2.75) is 25.9 Å². The third-order valence-corrected chi connectivity index (χ3v) is 6.49. The van der Waals surface area contributed by atoms with E-state index in [-0.39, 0.29) is 23.4 Å². The molecule has 1 amide bonds. The zero-order valence-corrected chi connectivity index (χ0v) is 19.8. The number of hydrogen-bond acceptors (Lipinski definition) is 6. The van der Waals surface area contributed by atoms with Crippen LogP contribution in [0.4, 0.5) is 29.1 Å². The van der Waals surface area contributed by atoms with E-state index >= 15 is 4.39 Å². The van der Waals surface area contributed by atoms with Gasteiger partial charge in [-0.15, -0.1) is 0 Å². The predicted molar refractivity (Wildman–Crippen MR) is 129 cm³/mol. The Labute approximate surface area is 212 Å². The number of rotatable bonds is 4. The summed E-state index contributed by atoms with van der Waals surface area (Å²) in [5.74, 6) is -1.12. The first-order chi connectivity index (χ1) is 18.1. The molecule has 4 aromatic heterocycles. The number of benzene rings is 1. The number of halogens is 4. The molecule has 0 unspecified atom stereocenters. The molecule has 0 radical (unpaired) electrons. The maximum Gasteiger partial charge on any atom is 0.417 e. The Morgan fingerprint density at radius 1 is 1.13 bits per heavy atom. The summed E-state index contributed by atoms with van der Waals surface area (Å²) < 4.78 is 62.5. The summed E-state index contributed by atoms with van der Waals surface area (Å²) in [4.78, 5) is 23.6. The number of anilines is 2. The molecule has 2 N–H and O–H groups in total. The number of amides is 1. The van der Waals surface area contributed by atoms with Gasteiger partial charge in [0.25, 0.3) is 5.91 Å². The lowest BCUT2D eigenvalue weighted by molar-refractivity contribution is -0.137. The summed E-state index contributed by atoms with van der Waals surface area (Å²) in [6.07, 6.45) is -1.00. The van der Waals surface area contributed by atoms with Gasteiger partial charge in [0.1, 0.15) is 17.2 Å². The molecule has 0 bridgehead atoms. The Bertz CT molecular complexity index is 1740. The highest BCUT2D eigenvalue weighted by Crippen LogP contribution is 2.33. The van der Waals surface area contributed by atoms with Crippen LogP contribution in [-0.4, -0.2) is 30.1 Å². The number of ether oxygens (including phenoxy) is 1. The van der Waals surface area contributed by atoms with Gasteiger partial charge in [-0.3, -0.25) is 18.8 Å². The van der Waals surface area contributed by atoms with E-state index in [1.807, 2.05) is 0 Å². The Kier molecular flexibility index (Phi) is 5.35. The molecule has 0 spiro atoms. The van der Waals surface area contributed by atoms with Crippen LogP contribution in [0, 0.1) is 5.95 Å². The van der Waals surface area contributed by atoms with E-state index in [1.165, 1.54) is 15.8 Å². The summed E-state index contributed by atoms with van der Waals surface area (Å²) in [5, 5.41) is 4.81. The van der Waals surface area contributed by atoms with Crippen molar-refractivity contribution < 1.29 is 27.1 Å². The second-order valence-electron chi connectivity index (χ2n) is 8.94. The van der Waals surface area contributed by atoms with Crippen molar-refractivity contribution in [1.29, 1.82) is 0 Å². The molecule has 5 aromatic rings. The summed E-state index contributed by atoms with van der Waals surface area (Å²) in [7, 11) is 1.66. The maximum atomic E-state index is 15.3. The number of carbonyl (C=O) groups is 1. The average Bonchev–Trinajstić information content (AvgIpc) is 3.61. The number of carbonyl (C=O) groups excluding carboxylic acids is 1. The number of imidazole rings is 1. The minimum atomic E-state index is -4.65. The molecule has 13 heteroatoms. The van der Waals surface area contributed by atoms with E-state index in [4.69, 9.17) is 10.5 Å². The Morgan fingerprint density at radius 2 is 1.92 bits per heavy atom. The predicted octanol–water partition coefficient (Wildman–Crippen LogP) is 4.23. The smallest absolute Gasteiger partial charge is 0.383 e. The molecular weight excluding hydrogens is 506 g/mol. The fraction of sp³-hybridized carbons (Fsp3) is 0.200. The van der Waals surface area contributed by atoms with E-state index in [2.05, 4.69) is 15.1 Å².